The van der Waals surface area contributed by atoms with Gasteiger partial charge in [-0.3, -0.25) is 0 Å². The van der Waals surface area contributed by atoms with Gasteiger partial charge in [-0.1, -0.05) is 65.9 Å². The quantitative estimate of drug-likeness (QED) is 0.539. The van der Waals surface area contributed by atoms with Crippen LogP contribution in [0.2, 0.25) is 0 Å². The molecule has 0 atom stereocenters. The first-order chi connectivity index (χ1) is 10.7. The molecule has 3 rings (SSSR count). The lowest BCUT2D eigenvalue weighted by Crippen LogP contribution is -1.86. The van der Waals surface area contributed by atoms with Crippen LogP contribution in [0.3, 0.4) is 0 Å². The van der Waals surface area contributed by atoms with Crippen LogP contribution < -0.4 is 0 Å². The molecular formula is C21H15F. The monoisotopic (exact) mass is 286 g/mol. The Morgan fingerprint density at radius 3 is 2.05 bits per heavy atom. The summed E-state index contributed by atoms with van der Waals surface area (Å²) in [5.41, 5.74) is 4.28. The summed E-state index contributed by atoms with van der Waals surface area (Å²) in [4.78, 5) is 0. The summed E-state index contributed by atoms with van der Waals surface area (Å²) in [5, 5.41) is 0. The van der Waals surface area contributed by atoms with E-state index < -0.39 is 0 Å². The van der Waals surface area contributed by atoms with E-state index in [1.54, 1.807) is 6.07 Å². The molecule has 0 saturated carbocycles. The highest BCUT2D eigenvalue weighted by Gasteiger charge is 2.04. The van der Waals surface area contributed by atoms with Gasteiger partial charge in [0, 0.05) is 16.7 Å². The summed E-state index contributed by atoms with van der Waals surface area (Å²) in [6.45, 7) is 2.04. The largest absolute Gasteiger partial charge is 0.206 e. The van der Waals surface area contributed by atoms with Crippen LogP contribution in [0.5, 0.6) is 0 Å². The number of benzene rings is 3. The van der Waals surface area contributed by atoms with Crippen LogP contribution in [-0.4, -0.2) is 0 Å². The Balaban J connectivity index is 1.88. The van der Waals surface area contributed by atoms with Gasteiger partial charge in [0.25, 0.3) is 0 Å². The van der Waals surface area contributed by atoms with Crippen LogP contribution in [0.15, 0.2) is 72.8 Å². The minimum atomic E-state index is -0.248. The van der Waals surface area contributed by atoms with Gasteiger partial charge in [0.15, 0.2) is 0 Å². The lowest BCUT2D eigenvalue weighted by atomic mass is 10.0. The molecule has 0 aliphatic carbocycles. The van der Waals surface area contributed by atoms with Gasteiger partial charge in [0.2, 0.25) is 0 Å². The molecule has 0 aliphatic rings. The third kappa shape index (κ3) is 3.24. The second kappa shape index (κ2) is 6.28. The summed E-state index contributed by atoms with van der Waals surface area (Å²) in [6.07, 6.45) is 0. The van der Waals surface area contributed by atoms with E-state index in [4.69, 9.17) is 0 Å². The molecule has 106 valence electrons. The molecule has 0 saturated heterocycles. The van der Waals surface area contributed by atoms with Crippen molar-refractivity contribution >= 4 is 0 Å². The molecule has 0 N–H and O–H groups in total. The van der Waals surface area contributed by atoms with Crippen molar-refractivity contribution in [3.05, 3.63) is 95.3 Å². The van der Waals surface area contributed by atoms with E-state index in [1.165, 1.54) is 11.6 Å². The number of rotatable bonds is 1. The highest BCUT2D eigenvalue weighted by atomic mass is 19.1. The minimum absolute atomic E-state index is 0.248. The zero-order valence-corrected chi connectivity index (χ0v) is 12.3. The van der Waals surface area contributed by atoms with E-state index in [0.717, 1.165) is 11.1 Å². The van der Waals surface area contributed by atoms with E-state index >= 15 is 0 Å². The van der Waals surface area contributed by atoms with Crippen molar-refractivity contribution < 1.29 is 4.39 Å². The SMILES string of the molecule is Cc1ccc(C#Cc2ccc(-c3ccccc3)c(F)c2)cc1. The smallest absolute Gasteiger partial charge is 0.132 e. The van der Waals surface area contributed by atoms with Gasteiger partial charge in [-0.25, -0.2) is 4.39 Å². The predicted molar refractivity (Wildman–Crippen MR) is 89.0 cm³/mol. The topological polar surface area (TPSA) is 0 Å². The van der Waals surface area contributed by atoms with E-state index in [2.05, 4.69) is 11.8 Å². The molecule has 0 bridgehead atoms. The van der Waals surface area contributed by atoms with Gasteiger partial charge >= 0.3 is 0 Å². The second-order valence-electron chi connectivity index (χ2n) is 5.18. The van der Waals surface area contributed by atoms with Crippen LogP contribution in [0.25, 0.3) is 11.1 Å². The average Bonchev–Trinajstić information content (AvgIpc) is 2.55. The highest BCUT2D eigenvalue weighted by Crippen LogP contribution is 2.23. The standard InChI is InChI=1S/C21H15F/c1-16-7-9-17(10-8-16)11-12-18-13-14-20(21(22)15-18)19-5-3-2-4-6-19/h2-10,13-15H,1H3. The van der Waals surface area contributed by atoms with Crippen molar-refractivity contribution in [2.24, 2.45) is 0 Å². The van der Waals surface area contributed by atoms with Gasteiger partial charge < -0.3 is 0 Å². The summed E-state index contributed by atoms with van der Waals surface area (Å²) in [6, 6.07) is 22.6. The van der Waals surface area contributed by atoms with Crippen molar-refractivity contribution in [1.82, 2.24) is 0 Å². The normalized spacial score (nSPS) is 9.91. The molecule has 0 amide bonds. The molecule has 0 nitrogen and oxygen atoms in total. The molecule has 1 heteroatoms. The molecule has 0 heterocycles. The Labute approximate surface area is 130 Å². The van der Waals surface area contributed by atoms with E-state index in [0.29, 0.717) is 11.1 Å². The fourth-order valence-electron chi connectivity index (χ4n) is 2.23. The molecule has 0 spiro atoms. The zero-order valence-electron chi connectivity index (χ0n) is 12.3. The number of halogens is 1. The molecular weight excluding hydrogens is 271 g/mol. The number of hydrogen-bond acceptors (Lipinski definition) is 0. The molecule has 3 aromatic rings. The second-order valence-corrected chi connectivity index (χ2v) is 5.18. The summed E-state index contributed by atoms with van der Waals surface area (Å²) >= 11 is 0. The first kappa shape index (κ1) is 14.1. The Morgan fingerprint density at radius 1 is 0.727 bits per heavy atom. The molecule has 0 radical (unpaired) electrons. The summed E-state index contributed by atoms with van der Waals surface area (Å²) in [7, 11) is 0. The van der Waals surface area contributed by atoms with Crippen LogP contribution in [0.1, 0.15) is 16.7 Å². The Kier molecular flexibility index (Phi) is 4.03. The maximum atomic E-state index is 14.2. The first-order valence-corrected chi connectivity index (χ1v) is 7.16. The van der Waals surface area contributed by atoms with Crippen molar-refractivity contribution in [2.75, 3.05) is 0 Å². The lowest BCUT2D eigenvalue weighted by Gasteiger charge is -2.03. The fourth-order valence-corrected chi connectivity index (χ4v) is 2.23. The van der Waals surface area contributed by atoms with Crippen molar-refractivity contribution in [3.63, 3.8) is 0 Å². The third-order valence-corrected chi connectivity index (χ3v) is 3.46. The van der Waals surface area contributed by atoms with E-state index in [1.807, 2.05) is 67.6 Å². The van der Waals surface area contributed by atoms with Gasteiger partial charge in [0.1, 0.15) is 5.82 Å². The molecule has 0 unspecified atom stereocenters. The molecule has 0 fully saturated rings. The van der Waals surface area contributed by atoms with E-state index in [9.17, 15) is 4.39 Å². The average molecular weight is 286 g/mol. The summed E-state index contributed by atoms with van der Waals surface area (Å²) in [5.74, 6) is 5.82. The maximum Gasteiger partial charge on any atom is 0.132 e. The molecule has 0 aromatic heterocycles. The van der Waals surface area contributed by atoms with E-state index in [-0.39, 0.29) is 5.82 Å². The van der Waals surface area contributed by atoms with Gasteiger partial charge in [-0.2, -0.15) is 0 Å². The summed E-state index contributed by atoms with van der Waals surface area (Å²) < 4.78 is 14.2. The Hall–Kier alpha value is -2.85. The van der Waals surface area contributed by atoms with Gasteiger partial charge in [-0.05, 0) is 36.8 Å². The highest BCUT2D eigenvalue weighted by molar-refractivity contribution is 5.65. The van der Waals surface area contributed by atoms with Crippen LogP contribution >= 0.6 is 0 Å². The molecule has 3 aromatic carbocycles. The third-order valence-electron chi connectivity index (χ3n) is 3.46. The van der Waals surface area contributed by atoms with Gasteiger partial charge in [0.05, 0.1) is 0 Å². The maximum absolute atomic E-state index is 14.2. The Bertz CT molecular complexity index is 835. The van der Waals surface area contributed by atoms with Crippen molar-refractivity contribution in [1.29, 1.82) is 0 Å². The number of aryl methyl sites for hydroxylation is 1. The molecule has 22 heavy (non-hydrogen) atoms. The van der Waals surface area contributed by atoms with Crippen LogP contribution in [0, 0.1) is 24.6 Å². The predicted octanol–water partition coefficient (Wildman–Crippen LogP) is 5.20. The molecule has 0 aliphatic heterocycles. The van der Waals surface area contributed by atoms with Crippen LogP contribution in [-0.2, 0) is 0 Å². The zero-order chi connectivity index (χ0) is 15.4. The van der Waals surface area contributed by atoms with Gasteiger partial charge in [-0.15, -0.1) is 0 Å². The minimum Gasteiger partial charge on any atom is -0.206 e. The number of hydrogen-bond donors (Lipinski definition) is 0. The van der Waals surface area contributed by atoms with Crippen molar-refractivity contribution in [2.45, 2.75) is 6.92 Å². The first-order valence-electron chi connectivity index (χ1n) is 7.16. The lowest BCUT2D eigenvalue weighted by molar-refractivity contribution is 0.631. The van der Waals surface area contributed by atoms with Crippen LogP contribution in [0.4, 0.5) is 4.39 Å². The van der Waals surface area contributed by atoms with Crippen molar-refractivity contribution in [3.8, 4) is 23.0 Å². The fraction of sp³-hybridized carbons (Fsp3) is 0.0476. The Morgan fingerprint density at radius 2 is 1.36 bits per heavy atom.